The second-order valence-corrected chi connectivity index (χ2v) is 9.03. The lowest BCUT2D eigenvalue weighted by atomic mass is 9.78. The van der Waals surface area contributed by atoms with Gasteiger partial charge in [-0.05, 0) is 40.0 Å². The van der Waals surface area contributed by atoms with Crippen LogP contribution in [0.15, 0.2) is 35.5 Å². The summed E-state index contributed by atoms with van der Waals surface area (Å²) >= 11 is 0. The average molecular weight is 479 g/mol. The summed E-state index contributed by atoms with van der Waals surface area (Å²) in [7, 11) is 1.26. The molecule has 0 aromatic rings. The number of aliphatic hydroxyl groups excluding tert-OH is 1. The molecule has 0 aromatic carbocycles. The Labute approximate surface area is 199 Å². The third-order valence-electron chi connectivity index (χ3n) is 6.89. The third-order valence-corrected chi connectivity index (χ3v) is 6.89. The first-order chi connectivity index (χ1) is 16.1. The van der Waals surface area contributed by atoms with E-state index in [1.807, 2.05) is 13.8 Å². The first-order valence-corrected chi connectivity index (χ1v) is 11.6. The normalized spacial score (nSPS) is 34.6. The Bertz CT molecular complexity index is 898. The van der Waals surface area contributed by atoms with Crippen LogP contribution in [0.1, 0.15) is 47.0 Å². The number of esters is 3. The van der Waals surface area contributed by atoms with Crippen LogP contribution in [0.25, 0.3) is 0 Å². The van der Waals surface area contributed by atoms with Gasteiger partial charge < -0.3 is 28.8 Å². The molecule has 2 aliphatic heterocycles. The van der Waals surface area contributed by atoms with Crippen molar-refractivity contribution in [3.63, 3.8) is 0 Å². The molecule has 0 bridgehead atoms. The van der Waals surface area contributed by atoms with Crippen LogP contribution in [0.4, 0.5) is 0 Å². The number of carbonyl (C=O) groups is 3. The highest BCUT2D eigenvalue weighted by Crippen LogP contribution is 2.46. The molecule has 1 spiro atoms. The summed E-state index contributed by atoms with van der Waals surface area (Å²) in [5.74, 6) is -2.98. The molecule has 7 unspecified atom stereocenters. The molecule has 1 aliphatic carbocycles. The molecule has 188 valence electrons. The van der Waals surface area contributed by atoms with E-state index in [0.29, 0.717) is 24.8 Å². The zero-order chi connectivity index (χ0) is 25.2. The zero-order valence-electron chi connectivity index (χ0n) is 20.4. The average Bonchev–Trinajstić information content (AvgIpc) is 3.56. The van der Waals surface area contributed by atoms with E-state index in [1.165, 1.54) is 7.11 Å². The van der Waals surface area contributed by atoms with E-state index in [1.54, 1.807) is 26.0 Å². The Hall–Kier alpha value is -2.49. The summed E-state index contributed by atoms with van der Waals surface area (Å²) in [5, 5.41) is 11.2. The predicted octanol–water partition coefficient (Wildman–Crippen LogP) is 2.17. The van der Waals surface area contributed by atoms with E-state index in [4.69, 9.17) is 23.7 Å². The molecule has 3 aliphatic rings. The SMILES string of the molecule is C=C1C(=O)OC2C1C(OC(=O)C(C)=CC)C(OC(C)CC)C(C(=O)OC)=CCCC1(CO1)C2O. The monoisotopic (exact) mass is 478 g/mol. The number of ether oxygens (including phenoxy) is 5. The highest BCUT2D eigenvalue weighted by Gasteiger charge is 2.61. The van der Waals surface area contributed by atoms with Gasteiger partial charge in [0, 0.05) is 11.1 Å². The fraction of sp³-hybridized carbons (Fsp3) is 0.640. The molecule has 7 atom stereocenters. The van der Waals surface area contributed by atoms with Gasteiger partial charge in [-0.15, -0.1) is 0 Å². The van der Waals surface area contributed by atoms with E-state index in [0.717, 1.165) is 0 Å². The molecule has 9 heteroatoms. The number of hydrogen-bond donors (Lipinski definition) is 1. The second-order valence-electron chi connectivity index (χ2n) is 9.03. The zero-order valence-corrected chi connectivity index (χ0v) is 20.4. The summed E-state index contributed by atoms with van der Waals surface area (Å²) in [6.07, 6.45) is -0.253. The van der Waals surface area contributed by atoms with Crippen LogP contribution in [0.3, 0.4) is 0 Å². The summed E-state index contributed by atoms with van der Waals surface area (Å²) < 4.78 is 28.3. The second kappa shape index (κ2) is 10.4. The largest absolute Gasteiger partial charge is 0.466 e. The van der Waals surface area contributed by atoms with Crippen molar-refractivity contribution in [3.05, 3.63) is 35.5 Å². The molecule has 3 rings (SSSR count). The molecule has 2 heterocycles. The first-order valence-electron chi connectivity index (χ1n) is 11.6. The molecule has 0 saturated carbocycles. The van der Waals surface area contributed by atoms with Crippen LogP contribution in [0.5, 0.6) is 0 Å². The van der Waals surface area contributed by atoms with Gasteiger partial charge in [-0.3, -0.25) is 0 Å². The number of hydrogen-bond acceptors (Lipinski definition) is 9. The van der Waals surface area contributed by atoms with E-state index < -0.39 is 53.8 Å². The van der Waals surface area contributed by atoms with Gasteiger partial charge in [0.2, 0.25) is 0 Å². The van der Waals surface area contributed by atoms with E-state index in [2.05, 4.69) is 6.58 Å². The van der Waals surface area contributed by atoms with Crippen molar-refractivity contribution in [3.8, 4) is 0 Å². The van der Waals surface area contributed by atoms with E-state index in [9.17, 15) is 19.5 Å². The number of aliphatic hydroxyl groups is 1. The minimum Gasteiger partial charge on any atom is -0.466 e. The first kappa shape index (κ1) is 26.1. The molecule has 0 radical (unpaired) electrons. The Morgan fingerprint density at radius 1 is 1.41 bits per heavy atom. The molecular weight excluding hydrogens is 444 g/mol. The number of rotatable bonds is 6. The molecule has 9 nitrogen and oxygen atoms in total. The Balaban J connectivity index is 2.19. The minimum atomic E-state index is -1.20. The maximum Gasteiger partial charge on any atom is 0.336 e. The molecule has 2 saturated heterocycles. The lowest BCUT2D eigenvalue weighted by Crippen LogP contribution is -2.52. The summed E-state index contributed by atoms with van der Waals surface area (Å²) in [5.41, 5.74) is -0.405. The Kier molecular flexibility index (Phi) is 8.00. The van der Waals surface area contributed by atoms with Gasteiger partial charge in [-0.1, -0.05) is 25.7 Å². The quantitative estimate of drug-likeness (QED) is 0.265. The summed E-state index contributed by atoms with van der Waals surface area (Å²) in [4.78, 5) is 38.4. The highest BCUT2D eigenvalue weighted by molar-refractivity contribution is 5.93. The fourth-order valence-corrected chi connectivity index (χ4v) is 4.35. The van der Waals surface area contributed by atoms with Crippen molar-refractivity contribution in [2.75, 3.05) is 13.7 Å². The smallest absolute Gasteiger partial charge is 0.336 e. The van der Waals surface area contributed by atoms with E-state index in [-0.39, 0.29) is 23.9 Å². The third kappa shape index (κ3) is 4.96. The van der Waals surface area contributed by atoms with Crippen LogP contribution in [-0.4, -0.2) is 72.9 Å². The van der Waals surface area contributed by atoms with Gasteiger partial charge in [0.15, 0.2) is 0 Å². The molecule has 0 amide bonds. The van der Waals surface area contributed by atoms with Gasteiger partial charge in [0.1, 0.15) is 30.0 Å². The minimum absolute atomic E-state index is 0.0262. The maximum absolute atomic E-state index is 12.9. The predicted molar refractivity (Wildman–Crippen MR) is 120 cm³/mol. The number of methoxy groups -OCH3 is 1. The number of fused-ring (bicyclic) bond motifs is 1. The lowest BCUT2D eigenvalue weighted by Gasteiger charge is -2.37. The van der Waals surface area contributed by atoms with E-state index >= 15 is 0 Å². The van der Waals surface area contributed by atoms with Gasteiger partial charge in [-0.2, -0.15) is 0 Å². The van der Waals surface area contributed by atoms with Crippen LogP contribution in [0.2, 0.25) is 0 Å². The number of carbonyl (C=O) groups excluding carboxylic acids is 3. The Morgan fingerprint density at radius 2 is 2.09 bits per heavy atom. The van der Waals surface area contributed by atoms with Crippen molar-refractivity contribution in [2.45, 2.75) is 83.1 Å². The van der Waals surface area contributed by atoms with Gasteiger partial charge in [0.25, 0.3) is 0 Å². The van der Waals surface area contributed by atoms with Crippen LogP contribution >= 0.6 is 0 Å². The van der Waals surface area contributed by atoms with Gasteiger partial charge in [-0.25, -0.2) is 14.4 Å². The molecule has 0 aromatic heterocycles. The lowest BCUT2D eigenvalue weighted by molar-refractivity contribution is -0.169. The highest BCUT2D eigenvalue weighted by atomic mass is 16.6. The molecule has 2 fully saturated rings. The Morgan fingerprint density at radius 3 is 2.65 bits per heavy atom. The number of allylic oxidation sites excluding steroid dienone is 2. The molecule has 1 N–H and O–H groups in total. The van der Waals surface area contributed by atoms with Crippen LogP contribution < -0.4 is 0 Å². The maximum atomic E-state index is 12.9. The van der Waals surface area contributed by atoms with Crippen molar-refractivity contribution < 1.29 is 43.2 Å². The van der Waals surface area contributed by atoms with Crippen LogP contribution in [0, 0.1) is 5.92 Å². The standard InChI is InChI=1S/C25H34O9/c1-7-13(3)22(27)33-19-17-15(5)23(28)34-20(17)21(26)25(12-31-25)11-9-10-16(24(29)30-6)18(19)32-14(4)8-2/h7,10,14,17-21,26H,5,8-9,11-12H2,1-4,6H3. The van der Waals surface area contributed by atoms with Crippen molar-refractivity contribution in [1.29, 1.82) is 0 Å². The van der Waals surface area contributed by atoms with Crippen molar-refractivity contribution in [2.24, 2.45) is 5.92 Å². The summed E-state index contributed by atoms with van der Waals surface area (Å²) in [6, 6.07) is 0. The molecule has 34 heavy (non-hydrogen) atoms. The fourth-order valence-electron chi connectivity index (χ4n) is 4.35. The van der Waals surface area contributed by atoms with Crippen molar-refractivity contribution in [1.82, 2.24) is 0 Å². The van der Waals surface area contributed by atoms with Crippen LogP contribution in [-0.2, 0) is 38.1 Å². The molecular formula is C25H34O9. The van der Waals surface area contributed by atoms with Crippen molar-refractivity contribution >= 4 is 17.9 Å². The topological polar surface area (TPSA) is 121 Å². The number of epoxide rings is 1. The van der Waals surface area contributed by atoms with Gasteiger partial charge in [0.05, 0.1) is 31.3 Å². The summed E-state index contributed by atoms with van der Waals surface area (Å²) in [6.45, 7) is 11.2. The van der Waals surface area contributed by atoms with Gasteiger partial charge >= 0.3 is 17.9 Å².